The Labute approximate surface area is 79.1 Å². The quantitative estimate of drug-likeness (QED) is 0.577. The second kappa shape index (κ2) is 3.13. The van der Waals surface area contributed by atoms with Gasteiger partial charge in [0.25, 0.3) is 0 Å². The Morgan fingerprint density at radius 2 is 1.62 bits per heavy atom. The van der Waals surface area contributed by atoms with Gasteiger partial charge in [0.1, 0.15) is 0 Å². The van der Waals surface area contributed by atoms with Crippen molar-refractivity contribution in [2.45, 2.75) is 33.6 Å². The van der Waals surface area contributed by atoms with Gasteiger partial charge >= 0.3 is 0 Å². The maximum absolute atomic E-state index is 11.4. The first-order valence-electron chi connectivity index (χ1n) is 4.66. The Morgan fingerprint density at radius 1 is 1.23 bits per heavy atom. The Hall–Kier alpha value is -0.860. The van der Waals surface area contributed by atoms with E-state index in [1.54, 1.807) is 7.05 Å². The van der Waals surface area contributed by atoms with Crippen LogP contribution >= 0.6 is 0 Å². The van der Waals surface area contributed by atoms with Gasteiger partial charge in [-0.25, -0.2) is 0 Å². The van der Waals surface area contributed by atoms with Crippen LogP contribution in [0.5, 0.6) is 0 Å². The van der Waals surface area contributed by atoms with Crippen LogP contribution in [0.15, 0.2) is 0 Å². The van der Waals surface area contributed by atoms with Gasteiger partial charge in [0.15, 0.2) is 0 Å². The highest BCUT2D eigenvalue weighted by Gasteiger charge is 2.40. The molecule has 13 heavy (non-hydrogen) atoms. The van der Waals surface area contributed by atoms with Crippen LogP contribution in [0.25, 0.3) is 0 Å². The molecule has 1 aliphatic heterocycles. The molecular formula is C10H17NO2. The Balaban J connectivity index is 2.85. The molecule has 0 radical (unpaired) electrons. The third-order valence-corrected chi connectivity index (χ3v) is 3.25. The molecule has 0 spiro atoms. The Bertz CT molecular complexity index is 227. The van der Waals surface area contributed by atoms with Crippen molar-refractivity contribution in [1.29, 1.82) is 0 Å². The van der Waals surface area contributed by atoms with Gasteiger partial charge in [-0.05, 0) is 11.3 Å². The zero-order valence-corrected chi connectivity index (χ0v) is 8.76. The summed E-state index contributed by atoms with van der Waals surface area (Å²) in [6.07, 6.45) is 0.986. The summed E-state index contributed by atoms with van der Waals surface area (Å²) in [7, 11) is 1.56. The molecular weight excluding hydrogens is 166 g/mol. The lowest BCUT2D eigenvalue weighted by molar-refractivity contribution is -0.152. The number of rotatable bonds is 1. The number of hydrogen-bond donors (Lipinski definition) is 0. The average molecular weight is 183 g/mol. The van der Waals surface area contributed by atoms with E-state index in [1.807, 2.05) is 6.92 Å². The number of amides is 2. The van der Waals surface area contributed by atoms with Gasteiger partial charge in [0.2, 0.25) is 11.8 Å². The molecule has 0 aromatic rings. The van der Waals surface area contributed by atoms with Crippen molar-refractivity contribution in [3.05, 3.63) is 0 Å². The van der Waals surface area contributed by atoms with E-state index in [1.165, 1.54) is 4.90 Å². The number of carbonyl (C=O) groups excluding carboxylic acids is 2. The normalized spacial score (nSPS) is 22.7. The Morgan fingerprint density at radius 3 is 1.92 bits per heavy atom. The van der Waals surface area contributed by atoms with Crippen molar-refractivity contribution in [1.82, 2.24) is 4.90 Å². The SMILES string of the molecule is CC(C)C1(C)CC(=O)N(C)C(=O)C1. The van der Waals surface area contributed by atoms with Crippen molar-refractivity contribution >= 4 is 11.8 Å². The largest absolute Gasteiger partial charge is 0.286 e. The first kappa shape index (κ1) is 10.2. The lowest BCUT2D eigenvalue weighted by Gasteiger charge is -2.38. The summed E-state index contributed by atoms with van der Waals surface area (Å²) in [5, 5.41) is 0. The van der Waals surface area contributed by atoms with Crippen LogP contribution in [0.2, 0.25) is 0 Å². The fourth-order valence-electron chi connectivity index (χ4n) is 1.54. The molecule has 1 heterocycles. The van der Waals surface area contributed by atoms with Crippen LogP contribution in [0.4, 0.5) is 0 Å². The predicted octanol–water partition coefficient (Wildman–Crippen LogP) is 1.43. The molecule has 3 nitrogen and oxygen atoms in total. The number of carbonyl (C=O) groups is 2. The molecule has 1 saturated heterocycles. The number of piperidine rings is 1. The molecule has 0 aromatic heterocycles. The smallest absolute Gasteiger partial charge is 0.229 e. The molecule has 2 amide bonds. The van der Waals surface area contributed by atoms with Crippen LogP contribution in [-0.4, -0.2) is 23.8 Å². The van der Waals surface area contributed by atoms with Gasteiger partial charge in [0.05, 0.1) is 0 Å². The number of nitrogens with zero attached hydrogens (tertiary/aromatic N) is 1. The minimum atomic E-state index is -0.138. The fraction of sp³-hybridized carbons (Fsp3) is 0.800. The van der Waals surface area contributed by atoms with Gasteiger partial charge in [-0.15, -0.1) is 0 Å². The van der Waals surface area contributed by atoms with E-state index >= 15 is 0 Å². The average Bonchev–Trinajstić information content (AvgIpc) is 2.00. The second-order valence-electron chi connectivity index (χ2n) is 4.51. The number of likely N-dealkylation sites (tertiary alicyclic amines) is 1. The maximum Gasteiger partial charge on any atom is 0.229 e. The molecule has 0 N–H and O–H groups in total. The predicted molar refractivity (Wildman–Crippen MR) is 50.0 cm³/mol. The molecule has 0 unspecified atom stereocenters. The summed E-state index contributed by atoms with van der Waals surface area (Å²) >= 11 is 0. The standard InChI is InChI=1S/C10H17NO2/c1-7(2)10(3)5-8(12)11(4)9(13)6-10/h7H,5-6H2,1-4H3. The van der Waals surface area contributed by atoms with Crippen LogP contribution in [0.3, 0.4) is 0 Å². The highest BCUT2D eigenvalue weighted by Crippen LogP contribution is 2.38. The highest BCUT2D eigenvalue weighted by molar-refractivity contribution is 5.98. The number of hydrogen-bond acceptors (Lipinski definition) is 2. The van der Waals surface area contributed by atoms with Crippen LogP contribution in [-0.2, 0) is 9.59 Å². The van der Waals surface area contributed by atoms with E-state index in [9.17, 15) is 9.59 Å². The third kappa shape index (κ3) is 1.74. The van der Waals surface area contributed by atoms with Gasteiger partial charge in [-0.1, -0.05) is 20.8 Å². The molecule has 1 aliphatic rings. The van der Waals surface area contributed by atoms with E-state index in [-0.39, 0.29) is 17.2 Å². The molecule has 0 aromatic carbocycles. The lowest BCUT2D eigenvalue weighted by Crippen LogP contribution is -2.46. The van der Waals surface area contributed by atoms with Crippen molar-refractivity contribution in [3.63, 3.8) is 0 Å². The molecule has 0 saturated carbocycles. The van der Waals surface area contributed by atoms with Crippen LogP contribution in [0.1, 0.15) is 33.6 Å². The molecule has 0 atom stereocenters. The summed E-state index contributed by atoms with van der Waals surface area (Å²) in [5.41, 5.74) is -0.138. The minimum absolute atomic E-state index is 0.0487. The molecule has 3 heteroatoms. The minimum Gasteiger partial charge on any atom is -0.286 e. The van der Waals surface area contributed by atoms with Crippen LogP contribution < -0.4 is 0 Å². The molecule has 1 rings (SSSR count). The van der Waals surface area contributed by atoms with Crippen molar-refractivity contribution in [2.75, 3.05) is 7.05 Å². The summed E-state index contributed by atoms with van der Waals surface area (Å²) in [5.74, 6) is 0.272. The molecule has 74 valence electrons. The van der Waals surface area contributed by atoms with Gasteiger partial charge in [-0.2, -0.15) is 0 Å². The van der Waals surface area contributed by atoms with Crippen LogP contribution in [0, 0.1) is 11.3 Å². The first-order valence-corrected chi connectivity index (χ1v) is 4.66. The topological polar surface area (TPSA) is 37.4 Å². The summed E-state index contributed by atoms with van der Waals surface area (Å²) in [4.78, 5) is 24.1. The summed E-state index contributed by atoms with van der Waals surface area (Å²) in [6, 6.07) is 0. The van der Waals surface area contributed by atoms with Gasteiger partial charge in [-0.3, -0.25) is 14.5 Å². The maximum atomic E-state index is 11.4. The monoisotopic (exact) mass is 183 g/mol. The van der Waals surface area contributed by atoms with Crippen molar-refractivity contribution in [3.8, 4) is 0 Å². The van der Waals surface area contributed by atoms with Gasteiger partial charge < -0.3 is 0 Å². The second-order valence-corrected chi connectivity index (χ2v) is 4.51. The molecule has 1 fully saturated rings. The zero-order chi connectivity index (χ0) is 10.2. The van der Waals surface area contributed by atoms with Gasteiger partial charge in [0, 0.05) is 19.9 Å². The molecule has 0 bridgehead atoms. The van der Waals surface area contributed by atoms with E-state index in [2.05, 4.69) is 13.8 Å². The molecule has 0 aliphatic carbocycles. The summed E-state index contributed by atoms with van der Waals surface area (Å²) in [6.45, 7) is 6.14. The van der Waals surface area contributed by atoms with Crippen molar-refractivity contribution in [2.24, 2.45) is 11.3 Å². The third-order valence-electron chi connectivity index (χ3n) is 3.25. The van der Waals surface area contributed by atoms with Crippen molar-refractivity contribution < 1.29 is 9.59 Å². The van der Waals surface area contributed by atoms with E-state index in [0.29, 0.717) is 18.8 Å². The fourth-order valence-corrected chi connectivity index (χ4v) is 1.54. The Kier molecular flexibility index (Phi) is 2.46. The zero-order valence-electron chi connectivity index (χ0n) is 8.76. The lowest BCUT2D eigenvalue weighted by atomic mass is 9.71. The van der Waals surface area contributed by atoms with E-state index in [0.717, 1.165) is 0 Å². The van der Waals surface area contributed by atoms with E-state index in [4.69, 9.17) is 0 Å². The van der Waals surface area contributed by atoms with E-state index < -0.39 is 0 Å². The summed E-state index contributed by atoms with van der Waals surface area (Å²) < 4.78 is 0. The highest BCUT2D eigenvalue weighted by atomic mass is 16.2. The number of imide groups is 1. The first-order chi connectivity index (χ1) is 5.87.